The molecule has 0 saturated carbocycles. The summed E-state index contributed by atoms with van der Waals surface area (Å²) in [6, 6.07) is 2.95. The molecule has 1 aromatic heterocycles. The van der Waals surface area contributed by atoms with Crippen LogP contribution in [0, 0.1) is 0 Å². The van der Waals surface area contributed by atoms with Crippen molar-refractivity contribution in [3.63, 3.8) is 0 Å². The van der Waals surface area contributed by atoms with Gasteiger partial charge in [-0.1, -0.05) is 0 Å². The highest BCUT2D eigenvalue weighted by Gasteiger charge is 2.05. The van der Waals surface area contributed by atoms with E-state index in [9.17, 15) is 4.79 Å². The SMILES string of the molecule is [N-]=[N+]=NC(=O)c1cc(Br)nc(Br)c1. The van der Waals surface area contributed by atoms with Crippen LogP contribution in [0.15, 0.2) is 26.5 Å². The number of hydrogen-bond acceptors (Lipinski definition) is 2. The quantitative estimate of drug-likeness (QED) is 0.346. The molecule has 13 heavy (non-hydrogen) atoms. The maximum Gasteiger partial charge on any atom is 0.249 e. The fourth-order valence-electron chi connectivity index (χ4n) is 0.687. The Morgan fingerprint density at radius 2 is 2.00 bits per heavy atom. The summed E-state index contributed by atoms with van der Waals surface area (Å²) < 4.78 is 0.997. The van der Waals surface area contributed by atoms with Crippen LogP contribution in [0.25, 0.3) is 10.4 Å². The van der Waals surface area contributed by atoms with Crippen molar-refractivity contribution in [2.75, 3.05) is 0 Å². The molecule has 1 aromatic rings. The van der Waals surface area contributed by atoms with Crippen LogP contribution in [0.2, 0.25) is 0 Å². The van der Waals surface area contributed by atoms with Crippen molar-refractivity contribution >= 4 is 37.8 Å². The first kappa shape index (κ1) is 10.2. The summed E-state index contributed by atoms with van der Waals surface area (Å²) in [4.78, 5) is 17.4. The average molecular weight is 306 g/mol. The first-order chi connectivity index (χ1) is 6.13. The van der Waals surface area contributed by atoms with Gasteiger partial charge in [0, 0.05) is 10.5 Å². The van der Waals surface area contributed by atoms with E-state index in [1.54, 1.807) is 0 Å². The van der Waals surface area contributed by atoms with Crippen molar-refractivity contribution in [2.24, 2.45) is 5.11 Å². The fourth-order valence-corrected chi connectivity index (χ4v) is 1.80. The molecule has 0 N–H and O–H groups in total. The number of aromatic nitrogens is 1. The Kier molecular flexibility index (Phi) is 3.41. The van der Waals surface area contributed by atoms with Crippen LogP contribution < -0.4 is 0 Å². The second-order valence-electron chi connectivity index (χ2n) is 2.00. The van der Waals surface area contributed by atoms with Crippen molar-refractivity contribution in [3.8, 4) is 0 Å². The molecular weight excluding hydrogens is 304 g/mol. The molecule has 0 fully saturated rings. The van der Waals surface area contributed by atoms with E-state index >= 15 is 0 Å². The Balaban J connectivity index is 3.15. The Hall–Kier alpha value is -0.910. The molecule has 0 aliphatic heterocycles. The molecule has 1 rings (SSSR count). The summed E-state index contributed by atoms with van der Waals surface area (Å²) >= 11 is 6.21. The maximum atomic E-state index is 11.1. The van der Waals surface area contributed by atoms with Crippen LogP contribution in [-0.2, 0) is 0 Å². The normalized spacial score (nSPS) is 9.08. The molecule has 5 nitrogen and oxygen atoms in total. The first-order valence-electron chi connectivity index (χ1n) is 3.06. The molecule has 0 radical (unpaired) electrons. The van der Waals surface area contributed by atoms with Crippen molar-refractivity contribution in [1.82, 2.24) is 4.98 Å². The van der Waals surface area contributed by atoms with E-state index in [2.05, 4.69) is 46.9 Å². The molecule has 1 amide bonds. The van der Waals surface area contributed by atoms with Gasteiger partial charge in [0.15, 0.2) is 0 Å². The lowest BCUT2D eigenvalue weighted by Gasteiger charge is -1.96. The zero-order valence-electron chi connectivity index (χ0n) is 6.11. The summed E-state index contributed by atoms with van der Waals surface area (Å²) in [5.74, 6) is -0.633. The van der Waals surface area contributed by atoms with Gasteiger partial charge in [0.05, 0.1) is 0 Å². The van der Waals surface area contributed by atoms with Gasteiger partial charge in [0.25, 0.3) is 0 Å². The molecule has 0 aliphatic carbocycles. The van der Waals surface area contributed by atoms with Gasteiger partial charge in [-0.2, -0.15) is 0 Å². The van der Waals surface area contributed by atoms with Crippen LogP contribution in [-0.4, -0.2) is 10.9 Å². The third-order valence-electron chi connectivity index (χ3n) is 1.15. The third kappa shape index (κ3) is 2.80. The van der Waals surface area contributed by atoms with E-state index < -0.39 is 5.91 Å². The minimum atomic E-state index is -0.633. The zero-order chi connectivity index (χ0) is 9.84. The maximum absolute atomic E-state index is 11.1. The van der Waals surface area contributed by atoms with E-state index in [0.717, 1.165) is 0 Å². The lowest BCUT2D eigenvalue weighted by molar-refractivity contribution is 0.1000. The molecule has 0 unspecified atom stereocenters. The Morgan fingerprint density at radius 1 is 1.46 bits per heavy atom. The lowest BCUT2D eigenvalue weighted by atomic mass is 10.3. The third-order valence-corrected chi connectivity index (χ3v) is 1.96. The molecular formula is C6H2Br2N4O. The Bertz CT molecular complexity index is 379. The number of rotatable bonds is 1. The Labute approximate surface area is 90.0 Å². The smallest absolute Gasteiger partial charge is 0.249 e. The van der Waals surface area contributed by atoms with Crippen molar-refractivity contribution < 1.29 is 4.79 Å². The van der Waals surface area contributed by atoms with Crippen molar-refractivity contribution in [2.45, 2.75) is 0 Å². The van der Waals surface area contributed by atoms with Gasteiger partial charge in [0.1, 0.15) is 9.21 Å². The number of carbonyl (C=O) groups excluding carboxylic acids is 1. The van der Waals surface area contributed by atoms with E-state index in [1.165, 1.54) is 12.1 Å². The summed E-state index contributed by atoms with van der Waals surface area (Å²) in [7, 11) is 0. The molecule has 0 saturated heterocycles. The van der Waals surface area contributed by atoms with Gasteiger partial charge < -0.3 is 0 Å². The first-order valence-corrected chi connectivity index (χ1v) is 4.64. The van der Waals surface area contributed by atoms with Gasteiger partial charge in [-0.25, -0.2) is 4.98 Å². The number of pyridine rings is 1. The topological polar surface area (TPSA) is 78.7 Å². The zero-order valence-corrected chi connectivity index (χ0v) is 9.28. The predicted octanol–water partition coefficient (Wildman–Crippen LogP) is 3.06. The fraction of sp³-hybridized carbons (Fsp3) is 0. The van der Waals surface area contributed by atoms with Crippen LogP contribution in [0.3, 0.4) is 0 Å². The largest absolute Gasteiger partial charge is 0.287 e. The molecule has 0 atom stereocenters. The molecule has 0 aliphatic rings. The number of nitrogens with zero attached hydrogens (tertiary/aromatic N) is 4. The van der Waals surface area contributed by atoms with Gasteiger partial charge in [-0.05, 0) is 54.6 Å². The molecule has 66 valence electrons. The van der Waals surface area contributed by atoms with Crippen molar-refractivity contribution in [1.29, 1.82) is 0 Å². The second kappa shape index (κ2) is 4.36. The van der Waals surface area contributed by atoms with E-state index in [1.807, 2.05) is 0 Å². The molecule has 0 aromatic carbocycles. The number of carbonyl (C=O) groups is 1. The molecule has 1 heterocycles. The van der Waals surface area contributed by atoms with E-state index in [-0.39, 0.29) is 5.56 Å². The van der Waals surface area contributed by atoms with Crippen molar-refractivity contribution in [3.05, 3.63) is 37.3 Å². The lowest BCUT2D eigenvalue weighted by Crippen LogP contribution is -1.94. The monoisotopic (exact) mass is 304 g/mol. The van der Waals surface area contributed by atoms with Crippen LogP contribution >= 0.6 is 31.9 Å². The van der Waals surface area contributed by atoms with Gasteiger partial charge in [0.2, 0.25) is 5.91 Å². The highest BCUT2D eigenvalue weighted by Crippen LogP contribution is 2.16. The molecule has 0 bridgehead atoms. The summed E-state index contributed by atoms with van der Waals surface area (Å²) in [5.41, 5.74) is 8.32. The average Bonchev–Trinajstić information content (AvgIpc) is 2.03. The summed E-state index contributed by atoms with van der Waals surface area (Å²) in [5, 5.41) is 2.95. The minimum absolute atomic E-state index is 0.284. The van der Waals surface area contributed by atoms with Crippen LogP contribution in [0.5, 0.6) is 0 Å². The summed E-state index contributed by atoms with van der Waals surface area (Å²) in [6.45, 7) is 0. The van der Waals surface area contributed by atoms with Gasteiger partial charge >= 0.3 is 0 Å². The number of azide groups is 1. The molecule has 0 spiro atoms. The standard InChI is InChI=1S/C6H2Br2N4O/c7-4-1-3(2-5(8)10-4)6(13)11-12-9/h1-2H. The molecule has 7 heteroatoms. The Morgan fingerprint density at radius 3 is 2.46 bits per heavy atom. The number of halogens is 2. The van der Waals surface area contributed by atoms with Crippen LogP contribution in [0.4, 0.5) is 0 Å². The number of amides is 1. The van der Waals surface area contributed by atoms with E-state index in [4.69, 9.17) is 5.53 Å². The summed E-state index contributed by atoms with van der Waals surface area (Å²) in [6.07, 6.45) is 0. The van der Waals surface area contributed by atoms with Crippen LogP contribution in [0.1, 0.15) is 10.4 Å². The predicted molar refractivity (Wildman–Crippen MR) is 53.1 cm³/mol. The van der Waals surface area contributed by atoms with Gasteiger partial charge in [-0.15, -0.1) is 0 Å². The number of hydrogen-bond donors (Lipinski definition) is 0. The highest BCUT2D eigenvalue weighted by molar-refractivity contribution is 9.11. The highest BCUT2D eigenvalue weighted by atomic mass is 79.9. The van der Waals surface area contributed by atoms with Gasteiger partial charge in [-0.3, -0.25) is 4.79 Å². The van der Waals surface area contributed by atoms with E-state index in [0.29, 0.717) is 9.21 Å². The minimum Gasteiger partial charge on any atom is -0.287 e. The second-order valence-corrected chi connectivity index (χ2v) is 3.62.